The minimum atomic E-state index is -1.08. The normalized spacial score (nSPS) is 22.9. The van der Waals surface area contributed by atoms with Crippen molar-refractivity contribution in [1.29, 1.82) is 0 Å². The van der Waals surface area contributed by atoms with E-state index in [0.717, 1.165) is 5.92 Å². The van der Waals surface area contributed by atoms with Crippen molar-refractivity contribution in [1.82, 2.24) is 9.13 Å². The minimum Gasteiger partial charge on any atom is -0.383 e. The molecule has 1 aliphatic carbocycles. The Hall–Kier alpha value is -0.443. The lowest BCUT2D eigenvalue weighted by atomic mass is 9.91. The van der Waals surface area contributed by atoms with Gasteiger partial charge in [-0.3, -0.25) is 0 Å². The average Bonchev–Trinajstić information content (AvgIpc) is 2.73. The highest BCUT2D eigenvalue weighted by molar-refractivity contribution is 6.54. The zero-order chi connectivity index (χ0) is 15.0. The molecule has 0 saturated heterocycles. The van der Waals surface area contributed by atoms with Crippen LogP contribution in [0.15, 0.2) is 12.4 Å². The third kappa shape index (κ3) is 3.60. The molecular weight excluding hydrogens is 260 g/mol. The third-order valence-corrected chi connectivity index (χ3v) is 9.11. The first-order valence-corrected chi connectivity index (χ1v) is 10.3. The van der Waals surface area contributed by atoms with Gasteiger partial charge >= 0.3 is 0 Å². The predicted molar refractivity (Wildman–Crippen MR) is 90.9 cm³/mol. The predicted octanol–water partition coefficient (Wildman–Crippen LogP) is 4.47. The quantitative estimate of drug-likeness (QED) is 0.693. The van der Waals surface area contributed by atoms with E-state index in [2.05, 4.69) is 63.1 Å². The van der Waals surface area contributed by atoms with Gasteiger partial charge in [-0.2, -0.15) is 0 Å². The van der Waals surface area contributed by atoms with Gasteiger partial charge in [0.15, 0.2) is 0 Å². The highest BCUT2D eigenvalue weighted by atomic mass is 28.3. The molecule has 0 N–H and O–H groups in total. The van der Waals surface area contributed by atoms with E-state index in [1.807, 2.05) is 0 Å². The standard InChI is InChI=1S/C17H34N2Si/c1-16(2,3)18-12-13-19(17(4,5)6)20(18)14-15-10-8-7-9-11-15/h12-13,15,20H,7-11,14H2,1-6H3. The lowest BCUT2D eigenvalue weighted by Crippen LogP contribution is -2.56. The Kier molecular flexibility index (Phi) is 4.58. The lowest BCUT2D eigenvalue weighted by molar-refractivity contribution is 0.269. The van der Waals surface area contributed by atoms with Gasteiger partial charge in [-0.15, -0.1) is 0 Å². The van der Waals surface area contributed by atoms with Crippen LogP contribution in [0.2, 0.25) is 6.04 Å². The van der Waals surface area contributed by atoms with E-state index < -0.39 is 9.12 Å². The van der Waals surface area contributed by atoms with Crippen LogP contribution in [0.4, 0.5) is 0 Å². The molecule has 2 nitrogen and oxygen atoms in total. The number of nitrogens with zero attached hydrogens (tertiary/aromatic N) is 2. The molecule has 1 aliphatic heterocycles. The fourth-order valence-electron chi connectivity index (χ4n) is 3.77. The van der Waals surface area contributed by atoms with Gasteiger partial charge in [-0.1, -0.05) is 32.1 Å². The fourth-order valence-corrected chi connectivity index (χ4v) is 7.90. The van der Waals surface area contributed by atoms with Gasteiger partial charge in [-0.05, 0) is 53.5 Å². The highest BCUT2D eigenvalue weighted by Gasteiger charge is 2.40. The van der Waals surface area contributed by atoms with Gasteiger partial charge in [0.25, 0.3) is 0 Å². The van der Waals surface area contributed by atoms with Crippen molar-refractivity contribution < 1.29 is 0 Å². The third-order valence-electron chi connectivity index (χ3n) is 4.85. The summed E-state index contributed by atoms with van der Waals surface area (Å²) in [5.74, 6) is 0.981. The van der Waals surface area contributed by atoms with Gasteiger partial charge in [-0.25, -0.2) is 0 Å². The molecule has 1 fully saturated rings. The summed E-state index contributed by atoms with van der Waals surface area (Å²) in [7, 11) is -1.08. The van der Waals surface area contributed by atoms with Crippen molar-refractivity contribution in [2.45, 2.75) is 90.8 Å². The second-order valence-electron chi connectivity index (χ2n) is 8.67. The summed E-state index contributed by atoms with van der Waals surface area (Å²) in [4.78, 5) is 0. The van der Waals surface area contributed by atoms with Crippen molar-refractivity contribution in [3.8, 4) is 0 Å². The summed E-state index contributed by atoms with van der Waals surface area (Å²) < 4.78 is 5.43. The molecule has 0 aromatic rings. The Labute approximate surface area is 128 Å². The molecule has 1 heterocycles. The Bertz CT molecular complexity index is 321. The SMILES string of the molecule is CC(C)(C)N1C=CN(C(C)(C)C)[SiH]1CC1CCCCC1. The van der Waals surface area contributed by atoms with Gasteiger partial charge in [0.05, 0.1) is 0 Å². The van der Waals surface area contributed by atoms with Crippen LogP contribution in [0.3, 0.4) is 0 Å². The monoisotopic (exact) mass is 294 g/mol. The summed E-state index contributed by atoms with van der Waals surface area (Å²) >= 11 is 0. The molecule has 0 spiro atoms. The van der Waals surface area contributed by atoms with Crippen LogP contribution in [-0.4, -0.2) is 29.3 Å². The Morgan fingerprint density at radius 1 is 0.850 bits per heavy atom. The van der Waals surface area contributed by atoms with Crippen molar-refractivity contribution in [3.63, 3.8) is 0 Å². The molecule has 0 aromatic carbocycles. The van der Waals surface area contributed by atoms with Crippen LogP contribution < -0.4 is 0 Å². The van der Waals surface area contributed by atoms with Crippen molar-refractivity contribution in [2.24, 2.45) is 5.92 Å². The maximum absolute atomic E-state index is 2.72. The topological polar surface area (TPSA) is 6.48 Å². The summed E-state index contributed by atoms with van der Waals surface area (Å²) in [6.07, 6.45) is 12.1. The second-order valence-corrected chi connectivity index (χ2v) is 11.2. The Morgan fingerprint density at radius 3 is 1.70 bits per heavy atom. The highest BCUT2D eigenvalue weighted by Crippen LogP contribution is 2.35. The minimum absolute atomic E-state index is 0.266. The molecule has 0 atom stereocenters. The first kappa shape index (κ1) is 15.9. The van der Waals surface area contributed by atoms with E-state index in [-0.39, 0.29) is 11.1 Å². The smallest absolute Gasteiger partial charge is 0.248 e. The molecule has 0 amide bonds. The number of hydrogen-bond donors (Lipinski definition) is 0. The maximum atomic E-state index is 2.72. The van der Waals surface area contributed by atoms with Crippen LogP contribution in [-0.2, 0) is 0 Å². The van der Waals surface area contributed by atoms with E-state index in [1.165, 1.54) is 38.1 Å². The van der Waals surface area contributed by atoms with Crippen LogP contribution in [0.25, 0.3) is 0 Å². The Morgan fingerprint density at radius 2 is 1.30 bits per heavy atom. The zero-order valence-electron chi connectivity index (χ0n) is 14.4. The molecule has 0 bridgehead atoms. The van der Waals surface area contributed by atoms with Gasteiger partial charge in [0, 0.05) is 23.5 Å². The number of hydrogen-bond acceptors (Lipinski definition) is 2. The summed E-state index contributed by atoms with van der Waals surface area (Å²) in [5.41, 5.74) is 0.532. The number of rotatable bonds is 2. The largest absolute Gasteiger partial charge is 0.383 e. The van der Waals surface area contributed by atoms with E-state index >= 15 is 0 Å². The molecule has 2 aliphatic rings. The first-order valence-electron chi connectivity index (χ1n) is 8.45. The molecule has 116 valence electrons. The van der Waals surface area contributed by atoms with Crippen LogP contribution >= 0.6 is 0 Å². The summed E-state index contributed by atoms with van der Waals surface area (Å²) in [6.45, 7) is 14.2. The van der Waals surface area contributed by atoms with E-state index in [9.17, 15) is 0 Å². The molecular formula is C17H34N2Si. The van der Waals surface area contributed by atoms with Crippen molar-refractivity contribution in [3.05, 3.63) is 12.4 Å². The fraction of sp³-hybridized carbons (Fsp3) is 0.882. The Balaban J connectivity index is 2.13. The molecule has 0 aromatic heterocycles. The zero-order valence-corrected chi connectivity index (χ0v) is 15.6. The lowest BCUT2D eigenvalue weighted by Gasteiger charge is -2.46. The second kappa shape index (κ2) is 5.74. The van der Waals surface area contributed by atoms with E-state index in [4.69, 9.17) is 0 Å². The van der Waals surface area contributed by atoms with Crippen molar-refractivity contribution in [2.75, 3.05) is 0 Å². The van der Waals surface area contributed by atoms with Crippen molar-refractivity contribution >= 4 is 9.12 Å². The molecule has 0 radical (unpaired) electrons. The van der Waals surface area contributed by atoms with Crippen LogP contribution in [0, 0.1) is 5.92 Å². The van der Waals surface area contributed by atoms with Crippen LogP contribution in [0.1, 0.15) is 73.6 Å². The van der Waals surface area contributed by atoms with Gasteiger partial charge < -0.3 is 9.13 Å². The maximum Gasteiger partial charge on any atom is 0.248 e. The molecule has 0 unspecified atom stereocenters. The van der Waals surface area contributed by atoms with E-state index in [0.29, 0.717) is 0 Å². The molecule has 1 saturated carbocycles. The van der Waals surface area contributed by atoms with Gasteiger partial charge in [0.1, 0.15) is 0 Å². The molecule has 2 rings (SSSR count). The van der Waals surface area contributed by atoms with Gasteiger partial charge in [0.2, 0.25) is 9.12 Å². The molecule has 3 heteroatoms. The summed E-state index contributed by atoms with van der Waals surface area (Å²) in [6, 6.07) is 1.46. The summed E-state index contributed by atoms with van der Waals surface area (Å²) in [5, 5.41) is 0. The average molecular weight is 295 g/mol. The van der Waals surface area contributed by atoms with E-state index in [1.54, 1.807) is 0 Å². The van der Waals surface area contributed by atoms with Crippen LogP contribution in [0.5, 0.6) is 0 Å². The first-order chi connectivity index (χ1) is 9.19. The molecule has 20 heavy (non-hydrogen) atoms.